The summed E-state index contributed by atoms with van der Waals surface area (Å²) >= 11 is 0. The summed E-state index contributed by atoms with van der Waals surface area (Å²) in [5.74, 6) is -1.33. The van der Waals surface area contributed by atoms with Gasteiger partial charge in [0.2, 0.25) is 0 Å². The van der Waals surface area contributed by atoms with Gasteiger partial charge >= 0.3 is 5.97 Å². The molecule has 0 saturated heterocycles. The van der Waals surface area contributed by atoms with Crippen LogP contribution in [0.5, 0.6) is 0 Å². The Hall–Kier alpha value is -1.46. The van der Waals surface area contributed by atoms with Gasteiger partial charge in [-0.05, 0) is 43.4 Å². The predicted octanol–water partition coefficient (Wildman–Crippen LogP) is 3.20. The number of aliphatic hydroxyl groups is 2. The number of esters is 1. The van der Waals surface area contributed by atoms with Crippen LogP contribution < -0.4 is 0 Å². The molecule has 27 heavy (non-hydrogen) atoms. The molecule has 0 aliphatic heterocycles. The van der Waals surface area contributed by atoms with E-state index in [9.17, 15) is 14.7 Å². The van der Waals surface area contributed by atoms with Gasteiger partial charge in [-0.3, -0.25) is 4.79 Å². The second-order valence-electron chi connectivity index (χ2n) is 9.12. The molecule has 0 spiro atoms. The summed E-state index contributed by atoms with van der Waals surface area (Å²) in [4.78, 5) is 25.2. The molecule has 0 aromatic heterocycles. The topological polar surface area (TPSA) is 83.8 Å². The molecule has 2 aliphatic carbocycles. The Morgan fingerprint density at radius 2 is 2.04 bits per heavy atom. The van der Waals surface area contributed by atoms with Crippen molar-refractivity contribution in [3.05, 3.63) is 24.3 Å². The summed E-state index contributed by atoms with van der Waals surface area (Å²) in [5, 5.41) is 21.1. The van der Waals surface area contributed by atoms with Crippen molar-refractivity contribution in [2.75, 3.05) is 6.61 Å². The summed E-state index contributed by atoms with van der Waals surface area (Å²) in [6.45, 7) is 12.9. The fourth-order valence-corrected chi connectivity index (χ4v) is 5.18. The van der Waals surface area contributed by atoms with Crippen LogP contribution >= 0.6 is 0 Å². The van der Waals surface area contributed by atoms with Crippen molar-refractivity contribution in [2.45, 2.75) is 72.0 Å². The molecular weight excluding hydrogens is 344 g/mol. The SMILES string of the molecule is C=C[C@@H](C)CC(=O)[C@]1(O)[C@@H](C)CC=C2C(C)(C)CCC(OC(=O)CO)[C@@]21C. The van der Waals surface area contributed by atoms with E-state index in [2.05, 4.69) is 26.5 Å². The molecule has 0 amide bonds. The minimum atomic E-state index is -1.65. The third-order valence-corrected chi connectivity index (χ3v) is 6.88. The van der Waals surface area contributed by atoms with Crippen LogP contribution in [0, 0.1) is 22.7 Å². The van der Waals surface area contributed by atoms with E-state index in [0.29, 0.717) is 12.8 Å². The van der Waals surface area contributed by atoms with Crippen molar-refractivity contribution in [1.82, 2.24) is 0 Å². The maximum Gasteiger partial charge on any atom is 0.332 e. The fraction of sp³-hybridized carbons (Fsp3) is 0.727. The molecule has 0 radical (unpaired) electrons. The van der Waals surface area contributed by atoms with Gasteiger partial charge in [0.1, 0.15) is 18.3 Å². The highest BCUT2D eigenvalue weighted by Crippen LogP contribution is 2.61. The minimum Gasteiger partial charge on any atom is -0.460 e. The number of fused-ring (bicyclic) bond motifs is 1. The number of carbonyl (C=O) groups excluding carboxylic acids is 2. The first-order valence-corrected chi connectivity index (χ1v) is 9.84. The second-order valence-corrected chi connectivity index (χ2v) is 9.12. The molecule has 0 heterocycles. The summed E-state index contributed by atoms with van der Waals surface area (Å²) < 4.78 is 5.57. The van der Waals surface area contributed by atoms with Gasteiger partial charge in [0.15, 0.2) is 5.78 Å². The molecule has 2 aliphatic rings. The van der Waals surface area contributed by atoms with Crippen LogP contribution in [0.1, 0.15) is 60.3 Å². The van der Waals surface area contributed by atoms with E-state index >= 15 is 0 Å². The normalized spacial score (nSPS) is 36.2. The van der Waals surface area contributed by atoms with Crippen molar-refractivity contribution in [3.63, 3.8) is 0 Å². The van der Waals surface area contributed by atoms with E-state index in [0.717, 1.165) is 12.0 Å². The van der Waals surface area contributed by atoms with Crippen LogP contribution in [0.2, 0.25) is 0 Å². The van der Waals surface area contributed by atoms with Gasteiger partial charge in [-0.15, -0.1) is 6.58 Å². The Morgan fingerprint density at radius 3 is 2.59 bits per heavy atom. The lowest BCUT2D eigenvalue weighted by molar-refractivity contribution is -0.199. The van der Waals surface area contributed by atoms with Gasteiger partial charge < -0.3 is 14.9 Å². The average Bonchev–Trinajstić information content (AvgIpc) is 2.61. The number of carbonyl (C=O) groups is 2. The van der Waals surface area contributed by atoms with Gasteiger partial charge in [-0.25, -0.2) is 4.79 Å². The predicted molar refractivity (Wildman–Crippen MR) is 104 cm³/mol. The van der Waals surface area contributed by atoms with Crippen LogP contribution in [-0.2, 0) is 14.3 Å². The first kappa shape index (κ1) is 21.8. The van der Waals surface area contributed by atoms with Crippen molar-refractivity contribution in [3.8, 4) is 0 Å². The third-order valence-electron chi connectivity index (χ3n) is 6.88. The average molecular weight is 379 g/mol. The third kappa shape index (κ3) is 3.40. The number of rotatable bonds is 6. The Balaban J connectivity index is 2.60. The Morgan fingerprint density at radius 1 is 1.41 bits per heavy atom. The zero-order valence-electron chi connectivity index (χ0n) is 17.2. The van der Waals surface area contributed by atoms with Gasteiger partial charge in [0, 0.05) is 6.42 Å². The van der Waals surface area contributed by atoms with Crippen molar-refractivity contribution < 1.29 is 24.5 Å². The highest BCUT2D eigenvalue weighted by atomic mass is 16.6. The quantitative estimate of drug-likeness (QED) is 0.548. The highest BCUT2D eigenvalue weighted by molar-refractivity contribution is 5.90. The van der Waals surface area contributed by atoms with Gasteiger partial charge in [-0.2, -0.15) is 0 Å². The summed E-state index contributed by atoms with van der Waals surface area (Å²) in [6, 6.07) is 0. The first-order valence-electron chi connectivity index (χ1n) is 9.84. The maximum atomic E-state index is 13.4. The Kier molecular flexibility index (Phi) is 6.08. The van der Waals surface area contributed by atoms with Crippen LogP contribution in [0.4, 0.5) is 0 Å². The highest BCUT2D eigenvalue weighted by Gasteiger charge is 2.66. The smallest absolute Gasteiger partial charge is 0.332 e. The number of hydrogen-bond acceptors (Lipinski definition) is 5. The Bertz CT molecular complexity index is 649. The molecule has 0 aromatic carbocycles. The van der Waals surface area contributed by atoms with Crippen LogP contribution in [0.3, 0.4) is 0 Å². The first-order chi connectivity index (χ1) is 12.4. The van der Waals surface area contributed by atoms with E-state index in [-0.39, 0.29) is 29.5 Å². The Labute approximate surface area is 162 Å². The zero-order valence-corrected chi connectivity index (χ0v) is 17.2. The lowest BCUT2D eigenvalue weighted by Crippen LogP contribution is -2.67. The molecule has 2 rings (SSSR count). The summed E-state index contributed by atoms with van der Waals surface area (Å²) in [6.07, 6.45) is 5.26. The van der Waals surface area contributed by atoms with Crippen molar-refractivity contribution in [2.24, 2.45) is 22.7 Å². The van der Waals surface area contributed by atoms with E-state index in [1.165, 1.54) is 0 Å². The van der Waals surface area contributed by atoms with Crippen LogP contribution in [0.15, 0.2) is 24.3 Å². The molecule has 1 fully saturated rings. The number of aliphatic hydroxyl groups excluding tert-OH is 1. The van der Waals surface area contributed by atoms with Gasteiger partial charge in [-0.1, -0.05) is 45.4 Å². The van der Waals surface area contributed by atoms with Crippen LogP contribution in [0.25, 0.3) is 0 Å². The number of allylic oxidation sites excluding steroid dienone is 2. The summed E-state index contributed by atoms with van der Waals surface area (Å²) in [7, 11) is 0. The van der Waals surface area contributed by atoms with E-state index in [1.54, 1.807) is 6.08 Å². The zero-order chi connectivity index (χ0) is 20.6. The molecular formula is C22H34O5. The lowest BCUT2D eigenvalue weighted by Gasteiger charge is -2.60. The van der Waals surface area contributed by atoms with Crippen molar-refractivity contribution in [1.29, 1.82) is 0 Å². The van der Waals surface area contributed by atoms with Crippen LogP contribution in [-0.4, -0.2) is 40.3 Å². The lowest BCUT2D eigenvalue weighted by atomic mass is 9.47. The van der Waals surface area contributed by atoms with Gasteiger partial charge in [0.25, 0.3) is 0 Å². The number of ketones is 1. The molecule has 1 unspecified atom stereocenters. The molecule has 5 heteroatoms. The molecule has 0 bridgehead atoms. The summed E-state index contributed by atoms with van der Waals surface area (Å²) in [5.41, 5.74) is -1.92. The minimum absolute atomic E-state index is 0.0540. The molecule has 0 aromatic rings. The number of hydrogen-bond donors (Lipinski definition) is 2. The number of ether oxygens (including phenoxy) is 1. The fourth-order valence-electron chi connectivity index (χ4n) is 5.18. The second kappa shape index (κ2) is 7.51. The largest absolute Gasteiger partial charge is 0.460 e. The van der Waals surface area contributed by atoms with E-state index in [4.69, 9.17) is 9.84 Å². The molecule has 5 nitrogen and oxygen atoms in total. The molecule has 152 valence electrons. The molecule has 5 atom stereocenters. The standard InChI is InChI=1S/C22H34O5/c1-7-14(2)12-17(24)22(26)15(3)8-9-16-20(4,5)11-10-18(21(16,22)6)27-19(25)13-23/h7,9,14-15,18,23,26H,1,8,10-13H2,2-6H3/t14-,15+,18?,21-,22-/m1/s1. The van der Waals surface area contributed by atoms with Gasteiger partial charge in [0.05, 0.1) is 5.41 Å². The maximum absolute atomic E-state index is 13.4. The molecule has 2 N–H and O–H groups in total. The van der Waals surface area contributed by atoms with E-state index in [1.807, 2.05) is 20.8 Å². The molecule has 1 saturated carbocycles. The van der Waals surface area contributed by atoms with Crippen molar-refractivity contribution >= 4 is 11.8 Å². The monoisotopic (exact) mass is 378 g/mol. The number of Topliss-reactive ketones (excluding diaryl/α,β-unsaturated/α-hetero) is 1. The van der Waals surface area contributed by atoms with E-state index < -0.39 is 29.7 Å².